The molecule has 0 saturated heterocycles. The van der Waals surface area contributed by atoms with Gasteiger partial charge in [-0.05, 0) is 37.1 Å². The Morgan fingerprint density at radius 1 is 1.21 bits per heavy atom. The maximum Gasteiger partial charge on any atom is 0.295 e. The molecule has 14 heavy (non-hydrogen) atoms. The number of alkyl halides is 2. The van der Waals surface area contributed by atoms with E-state index in [1.807, 2.05) is 0 Å². The number of fused-ring (bicyclic) bond motifs is 1. The number of hydrogen-bond donors (Lipinski definition) is 0. The van der Waals surface area contributed by atoms with Crippen LogP contribution in [-0.2, 0) is 5.92 Å². The van der Waals surface area contributed by atoms with Gasteiger partial charge in [-0.1, -0.05) is 22.0 Å². The van der Waals surface area contributed by atoms with Crippen molar-refractivity contribution in [1.82, 2.24) is 0 Å². The van der Waals surface area contributed by atoms with E-state index in [1.165, 1.54) is 13.0 Å². The summed E-state index contributed by atoms with van der Waals surface area (Å²) in [4.78, 5) is 0. The minimum atomic E-state index is -2.80. The van der Waals surface area contributed by atoms with Gasteiger partial charge in [0.05, 0.1) is 0 Å². The number of hydrogen-bond acceptors (Lipinski definition) is 0. The van der Waals surface area contributed by atoms with Crippen molar-refractivity contribution in [2.75, 3.05) is 0 Å². The lowest BCUT2D eigenvalue weighted by Crippen LogP contribution is -2.11. The molecular formula is C11H9BrF2. The minimum absolute atomic E-state index is 0.113. The number of allylic oxidation sites excluding steroid dienone is 2. The lowest BCUT2D eigenvalue weighted by Gasteiger charge is -2.12. The third-order valence-corrected chi connectivity index (χ3v) is 3.25. The summed E-state index contributed by atoms with van der Waals surface area (Å²) in [6.45, 7) is 3.23. The highest BCUT2D eigenvalue weighted by Crippen LogP contribution is 2.48. The second kappa shape index (κ2) is 2.89. The third kappa shape index (κ3) is 1.15. The fourth-order valence-corrected chi connectivity index (χ4v) is 2.10. The summed E-state index contributed by atoms with van der Waals surface area (Å²) in [6.07, 6.45) is 0. The Labute approximate surface area is 89.8 Å². The van der Waals surface area contributed by atoms with Crippen LogP contribution in [0.5, 0.6) is 0 Å². The lowest BCUT2D eigenvalue weighted by atomic mass is 10.1. The zero-order valence-corrected chi connectivity index (χ0v) is 9.45. The maximum absolute atomic E-state index is 13.7. The fourth-order valence-electron chi connectivity index (χ4n) is 1.74. The topological polar surface area (TPSA) is 0 Å². The molecule has 0 bridgehead atoms. The molecule has 0 spiro atoms. The molecule has 0 fully saturated rings. The Hall–Kier alpha value is -0.700. The smallest absolute Gasteiger partial charge is 0.196 e. The van der Waals surface area contributed by atoms with E-state index in [9.17, 15) is 8.78 Å². The zero-order valence-electron chi connectivity index (χ0n) is 7.87. The minimum Gasteiger partial charge on any atom is -0.196 e. The van der Waals surface area contributed by atoms with Gasteiger partial charge < -0.3 is 0 Å². The molecule has 0 saturated carbocycles. The van der Waals surface area contributed by atoms with Crippen LogP contribution >= 0.6 is 15.9 Å². The highest BCUT2D eigenvalue weighted by Gasteiger charge is 2.42. The first-order valence-corrected chi connectivity index (χ1v) is 5.10. The van der Waals surface area contributed by atoms with Gasteiger partial charge in [-0.3, -0.25) is 0 Å². The van der Waals surface area contributed by atoms with Gasteiger partial charge in [0.1, 0.15) is 0 Å². The quantitative estimate of drug-likeness (QED) is 0.649. The molecule has 1 aromatic rings. The molecule has 1 aliphatic carbocycles. The normalized spacial score (nSPS) is 18.6. The average Bonchev–Trinajstić information content (AvgIpc) is 2.29. The molecule has 0 N–H and O–H groups in total. The molecule has 0 radical (unpaired) electrons. The summed E-state index contributed by atoms with van der Waals surface area (Å²) in [6, 6.07) is 5.02. The van der Waals surface area contributed by atoms with E-state index < -0.39 is 5.92 Å². The molecule has 2 rings (SSSR count). The van der Waals surface area contributed by atoms with Crippen molar-refractivity contribution in [3.8, 4) is 0 Å². The summed E-state index contributed by atoms with van der Waals surface area (Å²) in [5.41, 5.74) is 1.63. The first-order valence-electron chi connectivity index (χ1n) is 4.30. The molecular weight excluding hydrogens is 250 g/mol. The second-order valence-corrected chi connectivity index (χ2v) is 4.43. The van der Waals surface area contributed by atoms with Gasteiger partial charge in [-0.15, -0.1) is 0 Å². The Balaban J connectivity index is 2.73. The van der Waals surface area contributed by atoms with Crippen LogP contribution < -0.4 is 0 Å². The van der Waals surface area contributed by atoms with Gasteiger partial charge in [0.2, 0.25) is 0 Å². The summed E-state index contributed by atoms with van der Waals surface area (Å²) in [5.74, 6) is -2.80. The van der Waals surface area contributed by atoms with E-state index in [0.29, 0.717) is 15.6 Å². The molecule has 0 aliphatic heterocycles. The Kier molecular flexibility index (Phi) is 2.03. The number of rotatable bonds is 0. The van der Waals surface area contributed by atoms with E-state index in [4.69, 9.17) is 0 Å². The van der Waals surface area contributed by atoms with Crippen molar-refractivity contribution in [2.24, 2.45) is 0 Å². The monoisotopic (exact) mass is 258 g/mol. The first kappa shape index (κ1) is 9.84. The van der Waals surface area contributed by atoms with Crippen molar-refractivity contribution in [3.05, 3.63) is 39.4 Å². The van der Waals surface area contributed by atoms with Crippen LogP contribution in [0.15, 0.2) is 28.2 Å². The molecule has 0 heterocycles. The van der Waals surface area contributed by atoms with Crippen molar-refractivity contribution < 1.29 is 8.78 Å². The van der Waals surface area contributed by atoms with Crippen LogP contribution in [0, 0.1) is 0 Å². The maximum atomic E-state index is 13.7. The SMILES string of the molecule is CC1=C(C)C(F)(F)c2cc(Br)ccc21. The lowest BCUT2D eigenvalue weighted by molar-refractivity contribution is 0.0421. The van der Waals surface area contributed by atoms with Crippen LogP contribution in [0.3, 0.4) is 0 Å². The Morgan fingerprint density at radius 2 is 1.86 bits per heavy atom. The molecule has 0 nitrogen and oxygen atoms in total. The first-order chi connectivity index (χ1) is 6.44. The van der Waals surface area contributed by atoms with Gasteiger partial charge >= 0.3 is 0 Å². The largest absolute Gasteiger partial charge is 0.295 e. The van der Waals surface area contributed by atoms with Gasteiger partial charge in [-0.25, -0.2) is 0 Å². The highest BCUT2D eigenvalue weighted by atomic mass is 79.9. The van der Waals surface area contributed by atoms with Gasteiger partial charge in [0.25, 0.3) is 5.92 Å². The average molecular weight is 259 g/mol. The molecule has 1 aliphatic rings. The van der Waals surface area contributed by atoms with Gasteiger partial charge in [0, 0.05) is 15.6 Å². The van der Waals surface area contributed by atoms with Crippen LogP contribution in [-0.4, -0.2) is 0 Å². The van der Waals surface area contributed by atoms with Crippen molar-refractivity contribution >= 4 is 21.5 Å². The number of halogens is 3. The van der Waals surface area contributed by atoms with E-state index in [-0.39, 0.29) is 11.1 Å². The van der Waals surface area contributed by atoms with Crippen molar-refractivity contribution in [3.63, 3.8) is 0 Å². The van der Waals surface area contributed by atoms with Gasteiger partial charge in [0.15, 0.2) is 0 Å². The highest BCUT2D eigenvalue weighted by molar-refractivity contribution is 9.10. The Morgan fingerprint density at radius 3 is 2.50 bits per heavy atom. The molecule has 0 amide bonds. The standard InChI is InChI=1S/C11H9BrF2/c1-6-7(2)11(13,14)10-5-8(12)3-4-9(6)10/h3-5H,1-2H3. The van der Waals surface area contributed by atoms with Crippen LogP contribution in [0.4, 0.5) is 8.78 Å². The number of benzene rings is 1. The van der Waals surface area contributed by atoms with E-state index in [0.717, 1.165) is 0 Å². The van der Waals surface area contributed by atoms with Crippen LogP contribution in [0.2, 0.25) is 0 Å². The van der Waals surface area contributed by atoms with Gasteiger partial charge in [-0.2, -0.15) is 8.78 Å². The molecule has 74 valence electrons. The van der Waals surface area contributed by atoms with Crippen LogP contribution in [0.25, 0.3) is 5.57 Å². The summed E-state index contributed by atoms with van der Waals surface area (Å²) in [5, 5.41) is 0. The molecule has 1 aromatic carbocycles. The van der Waals surface area contributed by atoms with Crippen molar-refractivity contribution in [2.45, 2.75) is 19.8 Å². The van der Waals surface area contributed by atoms with E-state index >= 15 is 0 Å². The predicted molar refractivity (Wildman–Crippen MR) is 56.3 cm³/mol. The predicted octanol–water partition coefficient (Wildman–Crippen LogP) is 4.35. The summed E-state index contributed by atoms with van der Waals surface area (Å²) in [7, 11) is 0. The summed E-state index contributed by atoms with van der Waals surface area (Å²) >= 11 is 3.20. The molecule has 0 aromatic heterocycles. The molecule has 3 heteroatoms. The summed E-state index contributed by atoms with van der Waals surface area (Å²) < 4.78 is 28.1. The van der Waals surface area contributed by atoms with E-state index in [1.54, 1.807) is 19.1 Å². The second-order valence-electron chi connectivity index (χ2n) is 3.51. The van der Waals surface area contributed by atoms with Crippen LogP contribution in [0.1, 0.15) is 25.0 Å². The molecule has 0 atom stereocenters. The third-order valence-electron chi connectivity index (χ3n) is 2.76. The van der Waals surface area contributed by atoms with Crippen molar-refractivity contribution in [1.29, 1.82) is 0 Å². The molecule has 0 unspecified atom stereocenters. The Bertz CT molecular complexity index is 433. The zero-order chi connectivity index (χ0) is 10.5. The fraction of sp³-hybridized carbons (Fsp3) is 0.273. The van der Waals surface area contributed by atoms with E-state index in [2.05, 4.69) is 15.9 Å².